The van der Waals surface area contributed by atoms with Gasteiger partial charge in [0.25, 0.3) is 0 Å². The summed E-state index contributed by atoms with van der Waals surface area (Å²) in [6.07, 6.45) is 1.07. The zero-order chi connectivity index (χ0) is 17.6. The van der Waals surface area contributed by atoms with E-state index in [9.17, 15) is 4.79 Å². The Bertz CT molecular complexity index is 747. The predicted octanol–water partition coefficient (Wildman–Crippen LogP) is 4.09. The summed E-state index contributed by atoms with van der Waals surface area (Å²) in [4.78, 5) is 14.5. The third-order valence-electron chi connectivity index (χ3n) is 4.31. The number of benzene rings is 2. The van der Waals surface area contributed by atoms with E-state index in [-0.39, 0.29) is 5.91 Å². The molecule has 1 heterocycles. The van der Waals surface area contributed by atoms with Gasteiger partial charge in [-0.15, -0.1) is 0 Å². The lowest BCUT2D eigenvalue weighted by Gasteiger charge is -2.25. The van der Waals surface area contributed by atoms with Crippen molar-refractivity contribution in [2.45, 2.75) is 26.3 Å². The molecule has 2 aromatic carbocycles. The molecular weight excluding hydrogens is 338 g/mol. The van der Waals surface area contributed by atoms with Crippen molar-refractivity contribution < 1.29 is 14.3 Å². The molecule has 0 aliphatic carbocycles. The third-order valence-corrected chi connectivity index (χ3v) is 4.68. The number of hydrogen-bond acceptors (Lipinski definition) is 3. The first-order valence-electron chi connectivity index (χ1n) is 8.57. The Labute approximate surface area is 153 Å². The number of para-hydroxylation sites is 1. The Morgan fingerprint density at radius 3 is 2.64 bits per heavy atom. The summed E-state index contributed by atoms with van der Waals surface area (Å²) in [5, 5.41) is 0.709. The van der Waals surface area contributed by atoms with Gasteiger partial charge in [-0.05, 0) is 31.0 Å². The quantitative estimate of drug-likeness (QED) is 0.779. The summed E-state index contributed by atoms with van der Waals surface area (Å²) >= 11 is 6.17. The second-order valence-electron chi connectivity index (χ2n) is 5.94. The molecule has 0 N–H and O–H groups in total. The fraction of sp³-hybridized carbons (Fsp3) is 0.350. The largest absolute Gasteiger partial charge is 0.486 e. The first-order chi connectivity index (χ1) is 12.2. The van der Waals surface area contributed by atoms with Crippen LogP contribution in [0.15, 0.2) is 42.5 Å². The molecule has 0 aromatic heterocycles. The van der Waals surface area contributed by atoms with Crippen molar-refractivity contribution >= 4 is 17.5 Å². The minimum atomic E-state index is 0.108. The van der Waals surface area contributed by atoms with E-state index in [1.165, 1.54) is 0 Å². The van der Waals surface area contributed by atoms with Crippen LogP contribution in [0.1, 0.15) is 24.5 Å². The van der Waals surface area contributed by atoms with E-state index in [1.54, 1.807) is 0 Å². The smallest absolute Gasteiger partial charge is 0.223 e. The standard InChI is InChI=1S/C20H22ClNO3/c1-2-22(19(23)11-10-15-6-3-4-8-17(15)21)14-16-7-5-9-18-20(16)25-13-12-24-18/h3-9H,2,10-14H2,1H3. The number of carbonyl (C=O) groups excluding carboxylic acids is 1. The molecule has 4 nitrogen and oxygen atoms in total. The highest BCUT2D eigenvalue weighted by Gasteiger charge is 2.19. The van der Waals surface area contributed by atoms with E-state index in [1.807, 2.05) is 54.3 Å². The van der Waals surface area contributed by atoms with E-state index in [2.05, 4.69) is 0 Å². The summed E-state index contributed by atoms with van der Waals surface area (Å²) in [6.45, 7) is 4.25. The number of amides is 1. The average molecular weight is 360 g/mol. The molecular formula is C20H22ClNO3. The van der Waals surface area contributed by atoms with Crippen LogP contribution in [-0.2, 0) is 17.8 Å². The Balaban J connectivity index is 1.66. The fourth-order valence-electron chi connectivity index (χ4n) is 2.94. The number of fused-ring (bicyclic) bond motifs is 1. The zero-order valence-electron chi connectivity index (χ0n) is 14.3. The molecule has 132 valence electrons. The Hall–Kier alpha value is -2.20. The number of aryl methyl sites for hydroxylation is 1. The first-order valence-corrected chi connectivity index (χ1v) is 8.95. The van der Waals surface area contributed by atoms with Gasteiger partial charge in [0.1, 0.15) is 13.2 Å². The molecule has 0 unspecified atom stereocenters. The van der Waals surface area contributed by atoms with Gasteiger partial charge < -0.3 is 14.4 Å². The maximum Gasteiger partial charge on any atom is 0.223 e. The van der Waals surface area contributed by atoms with Crippen molar-refractivity contribution in [3.05, 3.63) is 58.6 Å². The number of nitrogens with zero attached hydrogens (tertiary/aromatic N) is 1. The van der Waals surface area contributed by atoms with Crippen molar-refractivity contribution in [3.8, 4) is 11.5 Å². The summed E-state index contributed by atoms with van der Waals surface area (Å²) in [5.41, 5.74) is 1.98. The van der Waals surface area contributed by atoms with Gasteiger partial charge in [-0.3, -0.25) is 4.79 Å². The summed E-state index contributed by atoms with van der Waals surface area (Å²) in [6, 6.07) is 13.5. The van der Waals surface area contributed by atoms with Gasteiger partial charge >= 0.3 is 0 Å². The van der Waals surface area contributed by atoms with Gasteiger partial charge in [0, 0.05) is 30.1 Å². The predicted molar refractivity (Wildman–Crippen MR) is 98.3 cm³/mol. The number of carbonyl (C=O) groups is 1. The summed E-state index contributed by atoms with van der Waals surface area (Å²) in [5.74, 6) is 1.62. The molecule has 2 aromatic rings. The lowest BCUT2D eigenvalue weighted by atomic mass is 10.1. The van der Waals surface area contributed by atoms with E-state index >= 15 is 0 Å². The van der Waals surface area contributed by atoms with Crippen LogP contribution < -0.4 is 9.47 Å². The maximum atomic E-state index is 12.6. The molecule has 25 heavy (non-hydrogen) atoms. The molecule has 3 rings (SSSR count). The first kappa shape index (κ1) is 17.6. The molecule has 0 saturated heterocycles. The van der Waals surface area contributed by atoms with Crippen LogP contribution in [0.3, 0.4) is 0 Å². The maximum absolute atomic E-state index is 12.6. The van der Waals surface area contributed by atoms with Crippen LogP contribution in [0.5, 0.6) is 11.5 Å². The molecule has 1 aliphatic heterocycles. The SMILES string of the molecule is CCN(Cc1cccc2c1OCCO2)C(=O)CCc1ccccc1Cl. The van der Waals surface area contributed by atoms with Crippen LogP contribution in [0.25, 0.3) is 0 Å². The van der Waals surface area contributed by atoms with Crippen LogP contribution in [0.4, 0.5) is 0 Å². The lowest BCUT2D eigenvalue weighted by Crippen LogP contribution is -2.31. The van der Waals surface area contributed by atoms with E-state index in [4.69, 9.17) is 21.1 Å². The minimum absolute atomic E-state index is 0.108. The monoisotopic (exact) mass is 359 g/mol. The molecule has 0 bridgehead atoms. The third kappa shape index (κ3) is 4.26. The second-order valence-corrected chi connectivity index (χ2v) is 6.35. The van der Waals surface area contributed by atoms with Crippen LogP contribution >= 0.6 is 11.6 Å². The van der Waals surface area contributed by atoms with Gasteiger partial charge in [-0.2, -0.15) is 0 Å². The Kier molecular flexibility index (Phi) is 5.82. The van der Waals surface area contributed by atoms with Crippen molar-refractivity contribution in [2.75, 3.05) is 19.8 Å². The van der Waals surface area contributed by atoms with Crippen LogP contribution in [0, 0.1) is 0 Å². The molecule has 0 spiro atoms. The number of ether oxygens (including phenoxy) is 2. The molecule has 1 amide bonds. The highest BCUT2D eigenvalue weighted by atomic mass is 35.5. The van der Waals surface area contributed by atoms with Gasteiger partial charge in [0.2, 0.25) is 5.91 Å². The van der Waals surface area contributed by atoms with Gasteiger partial charge in [0.05, 0.1) is 0 Å². The summed E-state index contributed by atoms with van der Waals surface area (Å²) in [7, 11) is 0. The van der Waals surface area contributed by atoms with Crippen molar-refractivity contribution in [2.24, 2.45) is 0 Å². The van der Waals surface area contributed by atoms with Crippen molar-refractivity contribution in [1.82, 2.24) is 4.90 Å². The Morgan fingerprint density at radius 2 is 1.84 bits per heavy atom. The zero-order valence-corrected chi connectivity index (χ0v) is 15.1. The van der Waals surface area contributed by atoms with Crippen LogP contribution in [-0.4, -0.2) is 30.6 Å². The molecule has 0 saturated carbocycles. The molecule has 0 fully saturated rings. The van der Waals surface area contributed by atoms with Gasteiger partial charge in [-0.1, -0.05) is 41.9 Å². The highest BCUT2D eigenvalue weighted by Crippen LogP contribution is 2.34. The second kappa shape index (κ2) is 8.26. The highest BCUT2D eigenvalue weighted by molar-refractivity contribution is 6.31. The normalized spacial score (nSPS) is 12.7. The molecule has 0 radical (unpaired) electrons. The molecule has 5 heteroatoms. The van der Waals surface area contributed by atoms with E-state index < -0.39 is 0 Å². The Morgan fingerprint density at radius 1 is 1.08 bits per heavy atom. The number of hydrogen-bond donors (Lipinski definition) is 0. The molecule has 1 aliphatic rings. The fourth-order valence-corrected chi connectivity index (χ4v) is 3.17. The van der Waals surface area contributed by atoms with Gasteiger partial charge in [-0.25, -0.2) is 0 Å². The number of rotatable bonds is 6. The van der Waals surface area contributed by atoms with Gasteiger partial charge in [0.15, 0.2) is 11.5 Å². The average Bonchev–Trinajstić information content (AvgIpc) is 2.65. The number of halogens is 1. The van der Waals surface area contributed by atoms with E-state index in [0.717, 1.165) is 22.6 Å². The topological polar surface area (TPSA) is 38.8 Å². The molecule has 0 atom stereocenters. The minimum Gasteiger partial charge on any atom is -0.486 e. The summed E-state index contributed by atoms with van der Waals surface area (Å²) < 4.78 is 11.4. The van der Waals surface area contributed by atoms with E-state index in [0.29, 0.717) is 44.2 Å². The van der Waals surface area contributed by atoms with Crippen LogP contribution in [0.2, 0.25) is 5.02 Å². The van der Waals surface area contributed by atoms with Crippen molar-refractivity contribution in [3.63, 3.8) is 0 Å². The lowest BCUT2D eigenvalue weighted by molar-refractivity contribution is -0.131. The van der Waals surface area contributed by atoms with Crippen molar-refractivity contribution in [1.29, 1.82) is 0 Å².